The molecule has 2 rings (SSSR count). The third kappa shape index (κ3) is 3.29. The van der Waals surface area contributed by atoms with E-state index in [4.69, 9.17) is 0 Å². The molecule has 0 radical (unpaired) electrons. The molecule has 5 heteroatoms. The first kappa shape index (κ1) is 15.2. The Kier molecular flexibility index (Phi) is 4.73. The SMILES string of the molecule is CCCCCNC(=O)c1cn(C)c2ccc(F)cc2c1=O. The van der Waals surface area contributed by atoms with E-state index in [9.17, 15) is 14.0 Å². The van der Waals surface area contributed by atoms with Gasteiger partial charge in [0.05, 0.1) is 5.52 Å². The highest BCUT2D eigenvalue weighted by Gasteiger charge is 2.14. The molecule has 1 N–H and O–H groups in total. The Morgan fingerprint density at radius 1 is 1.33 bits per heavy atom. The van der Waals surface area contributed by atoms with Crippen LogP contribution in [-0.4, -0.2) is 17.0 Å². The summed E-state index contributed by atoms with van der Waals surface area (Å²) >= 11 is 0. The molecule has 4 nitrogen and oxygen atoms in total. The number of aromatic nitrogens is 1. The number of hydrogen-bond acceptors (Lipinski definition) is 2. The third-order valence-electron chi connectivity index (χ3n) is 3.46. The molecule has 0 spiro atoms. The largest absolute Gasteiger partial charge is 0.352 e. The smallest absolute Gasteiger partial charge is 0.256 e. The number of fused-ring (bicyclic) bond motifs is 1. The zero-order chi connectivity index (χ0) is 15.4. The van der Waals surface area contributed by atoms with Crippen molar-refractivity contribution < 1.29 is 9.18 Å². The summed E-state index contributed by atoms with van der Waals surface area (Å²) in [4.78, 5) is 24.4. The van der Waals surface area contributed by atoms with E-state index in [-0.39, 0.29) is 10.9 Å². The number of carbonyl (C=O) groups is 1. The number of carbonyl (C=O) groups excluding carboxylic acids is 1. The van der Waals surface area contributed by atoms with Crippen LogP contribution in [0.5, 0.6) is 0 Å². The Morgan fingerprint density at radius 3 is 2.81 bits per heavy atom. The number of unbranched alkanes of at least 4 members (excludes halogenated alkanes) is 2. The van der Waals surface area contributed by atoms with Crippen LogP contribution in [0.4, 0.5) is 4.39 Å². The first-order chi connectivity index (χ1) is 10.0. The van der Waals surface area contributed by atoms with Crippen molar-refractivity contribution in [3.63, 3.8) is 0 Å². The second-order valence-electron chi connectivity index (χ2n) is 5.11. The van der Waals surface area contributed by atoms with Gasteiger partial charge in [-0.15, -0.1) is 0 Å². The molecule has 0 fully saturated rings. The average Bonchev–Trinajstić information content (AvgIpc) is 2.47. The molecule has 0 aliphatic rings. The lowest BCUT2D eigenvalue weighted by molar-refractivity contribution is 0.0951. The monoisotopic (exact) mass is 290 g/mol. The molecule has 1 heterocycles. The predicted octanol–water partition coefficient (Wildman–Crippen LogP) is 2.60. The second-order valence-corrected chi connectivity index (χ2v) is 5.11. The van der Waals surface area contributed by atoms with Gasteiger partial charge in [-0.05, 0) is 24.6 Å². The van der Waals surface area contributed by atoms with Gasteiger partial charge >= 0.3 is 0 Å². The van der Waals surface area contributed by atoms with Gasteiger partial charge < -0.3 is 9.88 Å². The fraction of sp³-hybridized carbons (Fsp3) is 0.375. The number of aryl methyl sites for hydroxylation is 1. The van der Waals surface area contributed by atoms with Crippen LogP contribution in [-0.2, 0) is 7.05 Å². The molecule has 0 unspecified atom stereocenters. The molecule has 21 heavy (non-hydrogen) atoms. The van der Waals surface area contributed by atoms with E-state index in [1.165, 1.54) is 24.4 Å². The van der Waals surface area contributed by atoms with Crippen molar-refractivity contribution >= 4 is 16.8 Å². The van der Waals surface area contributed by atoms with Crippen molar-refractivity contribution in [2.45, 2.75) is 26.2 Å². The molecule has 0 aliphatic carbocycles. The maximum Gasteiger partial charge on any atom is 0.256 e. The van der Waals surface area contributed by atoms with E-state index in [0.717, 1.165) is 19.3 Å². The van der Waals surface area contributed by atoms with E-state index in [1.54, 1.807) is 11.6 Å². The fourth-order valence-corrected chi connectivity index (χ4v) is 2.30. The van der Waals surface area contributed by atoms with Crippen molar-refractivity contribution in [2.75, 3.05) is 6.54 Å². The van der Waals surface area contributed by atoms with E-state index in [2.05, 4.69) is 12.2 Å². The minimum Gasteiger partial charge on any atom is -0.352 e. The topological polar surface area (TPSA) is 51.1 Å². The number of rotatable bonds is 5. The molecule has 2 aromatic rings. The first-order valence-corrected chi connectivity index (χ1v) is 7.11. The van der Waals surface area contributed by atoms with Crippen LogP contribution in [0.3, 0.4) is 0 Å². The number of nitrogens with zero attached hydrogens (tertiary/aromatic N) is 1. The lowest BCUT2D eigenvalue weighted by atomic mass is 10.1. The van der Waals surface area contributed by atoms with Crippen LogP contribution >= 0.6 is 0 Å². The summed E-state index contributed by atoms with van der Waals surface area (Å²) in [6.07, 6.45) is 4.47. The van der Waals surface area contributed by atoms with Crippen molar-refractivity contribution in [1.29, 1.82) is 0 Å². The minimum absolute atomic E-state index is 0.0482. The Morgan fingerprint density at radius 2 is 2.10 bits per heavy atom. The highest BCUT2D eigenvalue weighted by atomic mass is 19.1. The quantitative estimate of drug-likeness (QED) is 0.861. The Balaban J connectivity index is 2.34. The van der Waals surface area contributed by atoms with Gasteiger partial charge in [-0.2, -0.15) is 0 Å². The van der Waals surface area contributed by atoms with Crippen molar-refractivity contribution in [3.05, 3.63) is 46.0 Å². The second kappa shape index (κ2) is 6.52. The molecule has 1 aromatic carbocycles. The van der Waals surface area contributed by atoms with Crippen LogP contribution in [0.25, 0.3) is 10.9 Å². The van der Waals surface area contributed by atoms with E-state index in [1.807, 2.05) is 0 Å². The molecule has 112 valence electrons. The van der Waals surface area contributed by atoms with Gasteiger partial charge in [0, 0.05) is 25.2 Å². The standard InChI is InChI=1S/C16H19FN2O2/c1-3-4-5-8-18-16(21)13-10-19(2)14-7-6-11(17)9-12(14)15(13)20/h6-7,9-10H,3-5,8H2,1-2H3,(H,18,21). The lowest BCUT2D eigenvalue weighted by Crippen LogP contribution is -2.30. The van der Waals surface area contributed by atoms with Crippen LogP contribution in [0.15, 0.2) is 29.2 Å². The van der Waals surface area contributed by atoms with Crippen molar-refractivity contribution in [2.24, 2.45) is 7.05 Å². The van der Waals surface area contributed by atoms with Gasteiger partial charge in [0.25, 0.3) is 5.91 Å². The maximum absolute atomic E-state index is 13.3. The number of nitrogens with one attached hydrogen (secondary N) is 1. The summed E-state index contributed by atoms with van der Waals surface area (Å²) in [5.41, 5.74) is 0.214. The minimum atomic E-state index is -0.486. The fourth-order valence-electron chi connectivity index (χ4n) is 2.30. The van der Waals surface area contributed by atoms with Gasteiger partial charge in [0.2, 0.25) is 5.43 Å². The number of amides is 1. The van der Waals surface area contributed by atoms with Crippen LogP contribution < -0.4 is 10.7 Å². The van der Waals surface area contributed by atoms with Crippen LogP contribution in [0, 0.1) is 5.82 Å². The third-order valence-corrected chi connectivity index (χ3v) is 3.46. The van der Waals surface area contributed by atoms with Crippen molar-refractivity contribution in [3.8, 4) is 0 Å². The van der Waals surface area contributed by atoms with Crippen LogP contribution in [0.2, 0.25) is 0 Å². The lowest BCUT2D eigenvalue weighted by Gasteiger charge is -2.09. The average molecular weight is 290 g/mol. The van der Waals surface area contributed by atoms with E-state index >= 15 is 0 Å². The molecule has 0 saturated heterocycles. The van der Waals surface area contributed by atoms with Gasteiger partial charge in [-0.1, -0.05) is 19.8 Å². The van der Waals surface area contributed by atoms with Crippen LogP contribution in [0.1, 0.15) is 36.5 Å². The van der Waals surface area contributed by atoms with Gasteiger partial charge in [0.15, 0.2) is 0 Å². The number of hydrogen-bond donors (Lipinski definition) is 1. The zero-order valence-electron chi connectivity index (χ0n) is 12.3. The molecular formula is C16H19FN2O2. The molecule has 0 bridgehead atoms. The summed E-state index contributed by atoms with van der Waals surface area (Å²) in [5.74, 6) is -0.891. The summed E-state index contributed by atoms with van der Waals surface area (Å²) in [6.45, 7) is 2.62. The van der Waals surface area contributed by atoms with Gasteiger partial charge in [-0.3, -0.25) is 9.59 Å². The molecule has 0 saturated carbocycles. The Bertz CT molecular complexity index is 722. The number of benzene rings is 1. The number of pyridine rings is 1. The predicted molar refractivity (Wildman–Crippen MR) is 81.0 cm³/mol. The molecule has 0 aliphatic heterocycles. The normalized spacial score (nSPS) is 10.8. The maximum atomic E-state index is 13.3. The Hall–Kier alpha value is -2.17. The summed E-state index contributed by atoms with van der Waals surface area (Å²) in [5, 5.41) is 2.96. The van der Waals surface area contributed by atoms with Crippen molar-refractivity contribution in [1.82, 2.24) is 9.88 Å². The van der Waals surface area contributed by atoms with Gasteiger partial charge in [-0.25, -0.2) is 4.39 Å². The van der Waals surface area contributed by atoms with Gasteiger partial charge in [0.1, 0.15) is 11.4 Å². The van der Waals surface area contributed by atoms with E-state index in [0.29, 0.717) is 12.1 Å². The summed E-state index contributed by atoms with van der Waals surface area (Å²) in [6, 6.07) is 4.01. The highest BCUT2D eigenvalue weighted by Crippen LogP contribution is 2.12. The van der Waals surface area contributed by atoms with E-state index < -0.39 is 17.2 Å². The summed E-state index contributed by atoms with van der Waals surface area (Å²) in [7, 11) is 1.73. The molecule has 0 atom stereocenters. The highest BCUT2D eigenvalue weighted by molar-refractivity contribution is 5.97. The molecular weight excluding hydrogens is 271 g/mol. The summed E-state index contributed by atoms with van der Waals surface area (Å²) < 4.78 is 15.0. The molecule has 1 aromatic heterocycles. The first-order valence-electron chi connectivity index (χ1n) is 7.11. The Labute approximate surface area is 122 Å². The molecule has 1 amide bonds. The number of halogens is 1. The zero-order valence-corrected chi connectivity index (χ0v) is 12.3.